The normalized spacial score (nSPS) is 10.7. The van der Waals surface area contributed by atoms with Gasteiger partial charge in [0, 0.05) is 25.6 Å². The van der Waals surface area contributed by atoms with Crippen molar-refractivity contribution in [2.75, 3.05) is 0 Å². The Morgan fingerprint density at radius 2 is 2.05 bits per heavy atom. The number of para-hydroxylation sites is 1. The maximum Gasteiger partial charge on any atom is 0.173 e. The molecule has 5 nitrogen and oxygen atoms in total. The van der Waals surface area contributed by atoms with E-state index in [2.05, 4.69) is 10.1 Å². The van der Waals surface area contributed by atoms with Crippen molar-refractivity contribution < 1.29 is 4.79 Å². The topological polar surface area (TPSA) is 52.7 Å². The number of rotatable bonds is 4. The average molecular weight is 266 g/mol. The van der Waals surface area contributed by atoms with Crippen molar-refractivity contribution >= 4 is 5.78 Å². The second-order valence-electron chi connectivity index (χ2n) is 4.56. The molecule has 0 radical (unpaired) electrons. The molecule has 0 aliphatic carbocycles. The summed E-state index contributed by atoms with van der Waals surface area (Å²) in [6, 6.07) is 9.71. The lowest BCUT2D eigenvalue weighted by molar-refractivity contribution is 0.0990. The van der Waals surface area contributed by atoms with Crippen LogP contribution < -0.4 is 0 Å². The molecular weight excluding hydrogens is 252 g/mol. The highest BCUT2D eigenvalue weighted by molar-refractivity contribution is 5.96. The van der Waals surface area contributed by atoms with Gasteiger partial charge in [0.05, 0.1) is 23.9 Å². The Hall–Kier alpha value is -2.69. The van der Waals surface area contributed by atoms with Crippen LogP contribution in [0, 0.1) is 0 Å². The minimum atomic E-state index is 0.0153. The highest BCUT2D eigenvalue weighted by Gasteiger charge is 2.12. The van der Waals surface area contributed by atoms with Gasteiger partial charge in [-0.2, -0.15) is 5.10 Å². The maximum absolute atomic E-state index is 12.2. The van der Waals surface area contributed by atoms with Gasteiger partial charge in [0.1, 0.15) is 5.82 Å². The second-order valence-corrected chi connectivity index (χ2v) is 4.56. The van der Waals surface area contributed by atoms with Crippen LogP contribution in [-0.2, 0) is 13.5 Å². The molecule has 2 aromatic heterocycles. The summed E-state index contributed by atoms with van der Waals surface area (Å²) in [5, 5.41) is 4.23. The Labute approximate surface area is 116 Å². The Kier molecular flexibility index (Phi) is 3.16. The van der Waals surface area contributed by atoms with Crippen molar-refractivity contribution in [3.63, 3.8) is 0 Å². The van der Waals surface area contributed by atoms with Crippen molar-refractivity contribution in [3.8, 4) is 5.69 Å². The van der Waals surface area contributed by atoms with E-state index in [0.717, 1.165) is 11.5 Å². The molecule has 5 heteroatoms. The lowest BCUT2D eigenvalue weighted by Crippen LogP contribution is -2.07. The van der Waals surface area contributed by atoms with Crippen LogP contribution in [0.4, 0.5) is 0 Å². The summed E-state index contributed by atoms with van der Waals surface area (Å²) in [4.78, 5) is 16.4. The fraction of sp³-hybridized carbons (Fsp3) is 0.133. The van der Waals surface area contributed by atoms with Gasteiger partial charge in [-0.15, -0.1) is 0 Å². The summed E-state index contributed by atoms with van der Waals surface area (Å²) >= 11 is 0. The second kappa shape index (κ2) is 5.13. The number of carbonyl (C=O) groups is 1. The first-order valence-corrected chi connectivity index (χ1v) is 6.33. The summed E-state index contributed by atoms with van der Waals surface area (Å²) in [5.41, 5.74) is 1.53. The molecule has 0 atom stereocenters. The zero-order chi connectivity index (χ0) is 13.9. The van der Waals surface area contributed by atoms with Crippen LogP contribution in [0.5, 0.6) is 0 Å². The standard InChI is InChI=1S/C15H14N4O/c1-18-8-7-16-15(18)9-14(20)12-10-17-19(11-12)13-5-3-2-4-6-13/h2-8,10-11H,9H2,1H3. The Balaban J connectivity index is 1.80. The molecule has 0 saturated carbocycles. The number of Topliss-reactive ketones (excluding diaryl/α,β-unsaturated/α-hetero) is 1. The zero-order valence-corrected chi connectivity index (χ0v) is 11.1. The highest BCUT2D eigenvalue weighted by Crippen LogP contribution is 2.10. The molecular formula is C15H14N4O. The first kappa shape index (κ1) is 12.3. The van der Waals surface area contributed by atoms with Gasteiger partial charge in [-0.05, 0) is 12.1 Å². The van der Waals surface area contributed by atoms with Crippen LogP contribution in [0.3, 0.4) is 0 Å². The summed E-state index contributed by atoms with van der Waals surface area (Å²) in [5.74, 6) is 0.768. The third kappa shape index (κ3) is 2.38. The summed E-state index contributed by atoms with van der Waals surface area (Å²) in [7, 11) is 1.88. The van der Waals surface area contributed by atoms with Crippen LogP contribution in [0.1, 0.15) is 16.2 Å². The fourth-order valence-electron chi connectivity index (χ4n) is 2.00. The number of aryl methyl sites for hydroxylation is 1. The summed E-state index contributed by atoms with van der Waals surface area (Å²) in [6.45, 7) is 0. The number of hydrogen-bond donors (Lipinski definition) is 0. The fourth-order valence-corrected chi connectivity index (χ4v) is 2.00. The number of imidazole rings is 1. The van der Waals surface area contributed by atoms with Crippen LogP contribution in [0.2, 0.25) is 0 Å². The van der Waals surface area contributed by atoms with Crippen LogP contribution in [0.15, 0.2) is 55.1 Å². The molecule has 0 aliphatic heterocycles. The van der Waals surface area contributed by atoms with Gasteiger partial charge in [0.25, 0.3) is 0 Å². The van der Waals surface area contributed by atoms with Gasteiger partial charge in [-0.25, -0.2) is 9.67 Å². The Morgan fingerprint density at radius 1 is 1.25 bits per heavy atom. The number of hydrogen-bond acceptors (Lipinski definition) is 3. The van der Waals surface area contributed by atoms with Gasteiger partial charge in [-0.1, -0.05) is 18.2 Å². The van der Waals surface area contributed by atoms with E-state index in [0.29, 0.717) is 5.56 Å². The van der Waals surface area contributed by atoms with Crippen LogP contribution >= 0.6 is 0 Å². The third-order valence-electron chi connectivity index (χ3n) is 3.16. The molecule has 0 unspecified atom stereocenters. The minimum Gasteiger partial charge on any atom is -0.338 e. The predicted molar refractivity (Wildman–Crippen MR) is 74.8 cm³/mol. The Bertz CT molecular complexity index is 727. The summed E-state index contributed by atoms with van der Waals surface area (Å²) in [6.07, 6.45) is 7.15. The first-order valence-electron chi connectivity index (χ1n) is 6.33. The van der Waals surface area contributed by atoms with Gasteiger partial charge in [0.15, 0.2) is 5.78 Å². The number of benzene rings is 1. The van der Waals surface area contributed by atoms with E-state index in [9.17, 15) is 4.79 Å². The van der Waals surface area contributed by atoms with Crippen LogP contribution in [-0.4, -0.2) is 25.1 Å². The van der Waals surface area contributed by atoms with E-state index in [4.69, 9.17) is 0 Å². The molecule has 20 heavy (non-hydrogen) atoms. The van der Waals surface area contributed by atoms with Gasteiger partial charge in [-0.3, -0.25) is 4.79 Å². The van der Waals surface area contributed by atoms with Crippen molar-refractivity contribution in [3.05, 3.63) is 66.5 Å². The number of carbonyl (C=O) groups excluding carboxylic acids is 1. The molecule has 0 amide bonds. The Morgan fingerprint density at radius 3 is 2.75 bits per heavy atom. The molecule has 0 bridgehead atoms. The lowest BCUT2D eigenvalue weighted by atomic mass is 10.1. The van der Waals surface area contributed by atoms with Crippen molar-refractivity contribution in [1.29, 1.82) is 0 Å². The van der Waals surface area contributed by atoms with Crippen molar-refractivity contribution in [2.24, 2.45) is 7.05 Å². The smallest absolute Gasteiger partial charge is 0.173 e. The van der Waals surface area contributed by atoms with Crippen molar-refractivity contribution in [2.45, 2.75) is 6.42 Å². The summed E-state index contributed by atoms with van der Waals surface area (Å²) < 4.78 is 3.55. The largest absolute Gasteiger partial charge is 0.338 e. The zero-order valence-electron chi connectivity index (χ0n) is 11.1. The van der Waals surface area contributed by atoms with E-state index in [1.54, 1.807) is 23.3 Å². The molecule has 0 fully saturated rings. The first-order chi connectivity index (χ1) is 9.74. The highest BCUT2D eigenvalue weighted by atomic mass is 16.1. The predicted octanol–water partition coefficient (Wildman–Crippen LogP) is 2.03. The van der Waals surface area contributed by atoms with Crippen LogP contribution in [0.25, 0.3) is 5.69 Å². The van der Waals surface area contributed by atoms with E-state index in [1.807, 2.05) is 48.1 Å². The van der Waals surface area contributed by atoms with Crippen molar-refractivity contribution in [1.82, 2.24) is 19.3 Å². The van der Waals surface area contributed by atoms with E-state index in [1.165, 1.54) is 0 Å². The van der Waals surface area contributed by atoms with Gasteiger partial charge >= 0.3 is 0 Å². The SMILES string of the molecule is Cn1ccnc1CC(=O)c1cnn(-c2ccccc2)c1. The molecule has 0 spiro atoms. The minimum absolute atomic E-state index is 0.0153. The van der Waals surface area contributed by atoms with E-state index in [-0.39, 0.29) is 12.2 Å². The third-order valence-corrected chi connectivity index (χ3v) is 3.16. The number of ketones is 1. The van der Waals surface area contributed by atoms with Gasteiger partial charge < -0.3 is 4.57 Å². The molecule has 0 N–H and O–H groups in total. The van der Waals surface area contributed by atoms with Gasteiger partial charge in [0.2, 0.25) is 0 Å². The maximum atomic E-state index is 12.2. The molecule has 0 aliphatic rings. The molecule has 3 aromatic rings. The lowest BCUT2D eigenvalue weighted by Gasteiger charge is -2.00. The molecule has 100 valence electrons. The quantitative estimate of drug-likeness (QED) is 0.679. The molecule has 3 rings (SSSR count). The molecule has 0 saturated heterocycles. The van der Waals surface area contributed by atoms with E-state index >= 15 is 0 Å². The molecule has 2 heterocycles. The monoisotopic (exact) mass is 266 g/mol. The number of nitrogens with zero attached hydrogens (tertiary/aromatic N) is 4. The number of aromatic nitrogens is 4. The molecule has 1 aromatic carbocycles. The van der Waals surface area contributed by atoms with E-state index < -0.39 is 0 Å². The average Bonchev–Trinajstić information content (AvgIpc) is 3.10.